The van der Waals surface area contributed by atoms with Gasteiger partial charge in [0, 0.05) is 41.2 Å². The van der Waals surface area contributed by atoms with E-state index in [-0.39, 0.29) is 17.9 Å². The molecule has 0 unspecified atom stereocenters. The Kier molecular flexibility index (Phi) is 7.41. The van der Waals surface area contributed by atoms with Gasteiger partial charge in [-0.15, -0.1) is 11.3 Å². The predicted octanol–water partition coefficient (Wildman–Crippen LogP) is 5.39. The zero-order chi connectivity index (χ0) is 22.4. The third kappa shape index (κ3) is 6.39. The van der Waals surface area contributed by atoms with Crippen molar-refractivity contribution in [2.75, 3.05) is 17.2 Å². The van der Waals surface area contributed by atoms with Crippen molar-refractivity contribution in [3.63, 3.8) is 0 Å². The molecule has 2 aromatic carbocycles. The zero-order valence-electron chi connectivity index (χ0n) is 18.3. The number of rotatable bonds is 7. The van der Waals surface area contributed by atoms with Crippen molar-refractivity contribution < 1.29 is 9.59 Å². The number of amides is 3. The largest absolute Gasteiger partial charge is 0.337 e. The van der Waals surface area contributed by atoms with Crippen molar-refractivity contribution in [1.82, 2.24) is 10.3 Å². The summed E-state index contributed by atoms with van der Waals surface area (Å²) in [5.41, 5.74) is 5.52. The quantitative estimate of drug-likeness (QED) is 0.465. The molecular formula is C24H28N4O2S. The van der Waals surface area contributed by atoms with E-state index in [2.05, 4.69) is 52.1 Å². The van der Waals surface area contributed by atoms with Crippen LogP contribution in [0.2, 0.25) is 0 Å². The minimum atomic E-state index is -0.288. The highest BCUT2D eigenvalue weighted by Crippen LogP contribution is 2.24. The van der Waals surface area contributed by atoms with Crippen LogP contribution in [0.1, 0.15) is 30.7 Å². The molecule has 0 aliphatic heterocycles. The second-order valence-corrected chi connectivity index (χ2v) is 8.67. The van der Waals surface area contributed by atoms with Crippen molar-refractivity contribution >= 4 is 34.6 Å². The van der Waals surface area contributed by atoms with Gasteiger partial charge in [-0.3, -0.25) is 4.79 Å². The molecule has 3 rings (SSSR count). The maximum atomic E-state index is 12.3. The summed E-state index contributed by atoms with van der Waals surface area (Å²) >= 11 is 1.61. The first-order valence-corrected chi connectivity index (χ1v) is 11.2. The molecule has 3 amide bonds. The maximum Gasteiger partial charge on any atom is 0.319 e. The molecular weight excluding hydrogens is 408 g/mol. The van der Waals surface area contributed by atoms with Crippen molar-refractivity contribution in [2.45, 2.75) is 34.1 Å². The van der Waals surface area contributed by atoms with E-state index < -0.39 is 0 Å². The normalized spacial score (nSPS) is 10.7. The van der Waals surface area contributed by atoms with Crippen LogP contribution in [0, 0.1) is 19.8 Å². The van der Waals surface area contributed by atoms with E-state index in [4.69, 9.17) is 0 Å². The van der Waals surface area contributed by atoms with Crippen molar-refractivity contribution in [2.24, 2.45) is 5.92 Å². The molecule has 3 aromatic rings. The number of hydrogen-bond donors (Lipinski definition) is 3. The van der Waals surface area contributed by atoms with Crippen LogP contribution in [0.3, 0.4) is 0 Å². The smallest absolute Gasteiger partial charge is 0.319 e. The highest BCUT2D eigenvalue weighted by atomic mass is 32.1. The number of thiazole rings is 1. The predicted molar refractivity (Wildman–Crippen MR) is 128 cm³/mol. The SMILES string of the molecule is Cc1ccc(-c2nc(CCNC(=O)Nc3cc(NC(=O)C(C)C)ccc3C)cs2)cc1. The first-order chi connectivity index (χ1) is 14.8. The second kappa shape index (κ2) is 10.2. The molecule has 0 saturated carbocycles. The molecule has 0 saturated heterocycles. The number of nitrogens with zero attached hydrogens (tertiary/aromatic N) is 1. The summed E-state index contributed by atoms with van der Waals surface area (Å²) in [6.07, 6.45) is 0.652. The summed E-state index contributed by atoms with van der Waals surface area (Å²) in [5, 5.41) is 11.6. The van der Waals surface area contributed by atoms with Crippen LogP contribution in [0.4, 0.5) is 16.2 Å². The molecule has 6 nitrogen and oxygen atoms in total. The number of urea groups is 1. The van der Waals surface area contributed by atoms with E-state index in [9.17, 15) is 9.59 Å². The lowest BCUT2D eigenvalue weighted by molar-refractivity contribution is -0.118. The molecule has 1 aromatic heterocycles. The van der Waals surface area contributed by atoms with E-state index in [0.717, 1.165) is 21.8 Å². The van der Waals surface area contributed by atoms with Gasteiger partial charge in [-0.05, 0) is 31.5 Å². The minimum absolute atomic E-state index is 0.0625. The van der Waals surface area contributed by atoms with Gasteiger partial charge in [-0.25, -0.2) is 9.78 Å². The summed E-state index contributed by atoms with van der Waals surface area (Å²) < 4.78 is 0. The Morgan fingerprint density at radius 1 is 1.03 bits per heavy atom. The lowest BCUT2D eigenvalue weighted by Crippen LogP contribution is -2.30. The molecule has 0 aliphatic carbocycles. The molecule has 0 bridgehead atoms. The monoisotopic (exact) mass is 436 g/mol. The number of nitrogens with one attached hydrogen (secondary N) is 3. The Labute approximate surface area is 187 Å². The number of aromatic nitrogens is 1. The van der Waals surface area contributed by atoms with Gasteiger partial charge in [-0.2, -0.15) is 0 Å². The number of aryl methyl sites for hydroxylation is 2. The summed E-state index contributed by atoms with van der Waals surface area (Å²) in [4.78, 5) is 28.9. The topological polar surface area (TPSA) is 83.1 Å². The number of carbonyl (C=O) groups excluding carboxylic acids is 2. The molecule has 1 heterocycles. The second-order valence-electron chi connectivity index (χ2n) is 7.81. The maximum absolute atomic E-state index is 12.3. The van der Waals surface area contributed by atoms with E-state index >= 15 is 0 Å². The first kappa shape index (κ1) is 22.5. The molecule has 3 N–H and O–H groups in total. The molecule has 31 heavy (non-hydrogen) atoms. The molecule has 0 spiro atoms. The average molecular weight is 437 g/mol. The Bertz CT molecular complexity index is 1060. The van der Waals surface area contributed by atoms with E-state index in [1.807, 2.05) is 38.3 Å². The van der Waals surface area contributed by atoms with Gasteiger partial charge in [0.05, 0.1) is 5.69 Å². The Morgan fingerprint density at radius 3 is 2.48 bits per heavy atom. The Hall–Kier alpha value is -3.19. The number of anilines is 2. The lowest BCUT2D eigenvalue weighted by Gasteiger charge is -2.13. The van der Waals surface area contributed by atoms with Crippen LogP contribution >= 0.6 is 11.3 Å². The molecule has 0 fully saturated rings. The molecule has 162 valence electrons. The standard InChI is InChI=1S/C24H28N4O2S/c1-15(2)22(29)26-19-10-7-17(4)21(13-19)28-24(30)25-12-11-20-14-31-23(27-20)18-8-5-16(3)6-9-18/h5-10,13-15H,11-12H2,1-4H3,(H,26,29)(H2,25,28,30). The lowest BCUT2D eigenvalue weighted by atomic mass is 10.1. The van der Waals surface area contributed by atoms with Gasteiger partial charge in [0.25, 0.3) is 0 Å². The van der Waals surface area contributed by atoms with Crippen LogP contribution < -0.4 is 16.0 Å². The summed E-state index contributed by atoms with van der Waals surface area (Å²) in [5.74, 6) is -0.175. The molecule has 0 atom stereocenters. The van der Waals surface area contributed by atoms with E-state index in [1.54, 1.807) is 17.4 Å². The fourth-order valence-corrected chi connectivity index (χ4v) is 3.70. The van der Waals surface area contributed by atoms with Crippen molar-refractivity contribution in [1.29, 1.82) is 0 Å². The molecule has 7 heteroatoms. The fraction of sp³-hybridized carbons (Fsp3) is 0.292. The molecule has 0 radical (unpaired) electrons. The van der Waals surface area contributed by atoms with Gasteiger partial charge in [-0.1, -0.05) is 49.7 Å². The third-order valence-corrected chi connectivity index (χ3v) is 5.73. The van der Waals surface area contributed by atoms with Gasteiger partial charge in [0.2, 0.25) is 5.91 Å². The Morgan fingerprint density at radius 2 is 1.77 bits per heavy atom. The van der Waals surface area contributed by atoms with Gasteiger partial charge in [0.1, 0.15) is 5.01 Å². The van der Waals surface area contributed by atoms with Gasteiger partial charge < -0.3 is 16.0 Å². The highest BCUT2D eigenvalue weighted by Gasteiger charge is 2.10. The average Bonchev–Trinajstić information content (AvgIpc) is 3.20. The number of hydrogen-bond acceptors (Lipinski definition) is 4. The summed E-state index contributed by atoms with van der Waals surface area (Å²) in [6, 6.07) is 13.5. The summed E-state index contributed by atoms with van der Waals surface area (Å²) in [6.45, 7) is 8.12. The van der Waals surface area contributed by atoms with Gasteiger partial charge in [0.15, 0.2) is 0 Å². The van der Waals surface area contributed by atoms with Crippen LogP contribution in [0.5, 0.6) is 0 Å². The van der Waals surface area contributed by atoms with E-state index in [1.165, 1.54) is 5.56 Å². The number of carbonyl (C=O) groups is 2. The van der Waals surface area contributed by atoms with Crippen molar-refractivity contribution in [3.05, 3.63) is 64.7 Å². The molecule has 0 aliphatic rings. The Balaban J connectivity index is 1.51. The minimum Gasteiger partial charge on any atom is -0.337 e. The van der Waals surface area contributed by atoms with Gasteiger partial charge >= 0.3 is 6.03 Å². The zero-order valence-corrected chi connectivity index (χ0v) is 19.1. The van der Waals surface area contributed by atoms with Crippen LogP contribution in [-0.4, -0.2) is 23.5 Å². The van der Waals surface area contributed by atoms with Crippen LogP contribution in [0.25, 0.3) is 10.6 Å². The van der Waals surface area contributed by atoms with Crippen LogP contribution in [-0.2, 0) is 11.2 Å². The summed E-state index contributed by atoms with van der Waals surface area (Å²) in [7, 11) is 0. The number of benzene rings is 2. The first-order valence-electron chi connectivity index (χ1n) is 10.3. The highest BCUT2D eigenvalue weighted by molar-refractivity contribution is 7.13. The fourth-order valence-electron chi connectivity index (χ4n) is 2.84. The van der Waals surface area contributed by atoms with Crippen molar-refractivity contribution in [3.8, 4) is 10.6 Å². The van der Waals surface area contributed by atoms with E-state index in [0.29, 0.717) is 24.3 Å². The van der Waals surface area contributed by atoms with Crippen LogP contribution in [0.15, 0.2) is 47.8 Å². The third-order valence-electron chi connectivity index (χ3n) is 4.79.